The molecule has 1 atom stereocenters. The number of ether oxygens (including phenoxy) is 1. The highest BCUT2D eigenvalue weighted by atomic mass is 19.1. The smallest absolute Gasteiger partial charge is 0.237 e. The third kappa shape index (κ3) is 7.54. The van der Waals surface area contributed by atoms with Crippen molar-refractivity contribution < 1.29 is 18.7 Å². The van der Waals surface area contributed by atoms with Crippen molar-refractivity contribution in [2.45, 2.75) is 51.5 Å². The summed E-state index contributed by atoms with van der Waals surface area (Å²) in [4.78, 5) is 47.4. The van der Waals surface area contributed by atoms with E-state index >= 15 is 4.39 Å². The van der Waals surface area contributed by atoms with E-state index in [1.807, 2.05) is 18.5 Å². The summed E-state index contributed by atoms with van der Waals surface area (Å²) >= 11 is 0. The van der Waals surface area contributed by atoms with Gasteiger partial charge in [0, 0.05) is 88.5 Å². The highest BCUT2D eigenvalue weighted by Gasteiger charge is 2.30. The zero-order valence-electron chi connectivity index (χ0n) is 31.9. The molecule has 2 aromatic heterocycles. The van der Waals surface area contributed by atoms with Gasteiger partial charge < -0.3 is 30.1 Å². The molecule has 2 amide bonds. The molecule has 292 valence electrons. The lowest BCUT2D eigenvalue weighted by molar-refractivity contribution is -0.134. The molecule has 14 heteroatoms. The molecule has 5 aliphatic heterocycles. The predicted octanol–water partition coefficient (Wildman–Crippen LogP) is 4.99. The maximum absolute atomic E-state index is 15.2. The Balaban J connectivity index is 0.738. The van der Waals surface area contributed by atoms with Crippen LogP contribution in [0.1, 0.15) is 54.0 Å². The number of imide groups is 1. The number of benzene rings is 2. The van der Waals surface area contributed by atoms with Crippen molar-refractivity contribution in [3.63, 3.8) is 0 Å². The lowest BCUT2D eigenvalue weighted by Crippen LogP contribution is -2.49. The lowest BCUT2D eigenvalue weighted by atomic mass is 9.90. The van der Waals surface area contributed by atoms with Crippen LogP contribution in [0.5, 0.6) is 5.88 Å². The molecule has 7 heterocycles. The van der Waals surface area contributed by atoms with Gasteiger partial charge in [0.1, 0.15) is 18.1 Å². The zero-order chi connectivity index (χ0) is 38.2. The van der Waals surface area contributed by atoms with Crippen LogP contribution in [0.4, 0.5) is 38.8 Å². The SMILES string of the molecule is Cc1c(N2CCc3cnc(Nc4ccc(N5CCC(CN6CCN(c7ccc(C8CCC(=O)NC8=O)cc7F)CC6)CC5)cc4)nc3C2)cnc2c1NCCO2. The summed E-state index contributed by atoms with van der Waals surface area (Å²) in [6.45, 7) is 11.6. The molecule has 0 bridgehead atoms. The number of pyridine rings is 1. The molecule has 0 spiro atoms. The first-order valence-electron chi connectivity index (χ1n) is 20.0. The molecule has 9 rings (SSSR count). The number of piperidine rings is 2. The molecule has 0 aliphatic carbocycles. The number of nitrogens with one attached hydrogen (secondary N) is 3. The van der Waals surface area contributed by atoms with Crippen LogP contribution in [-0.2, 0) is 22.6 Å². The van der Waals surface area contributed by atoms with Crippen LogP contribution in [0, 0.1) is 18.7 Å². The summed E-state index contributed by atoms with van der Waals surface area (Å²) in [5.74, 6) is 0.530. The summed E-state index contributed by atoms with van der Waals surface area (Å²) in [6.07, 6.45) is 7.74. The number of nitrogens with zero attached hydrogens (tertiary/aromatic N) is 7. The molecular weight excluding hydrogens is 712 g/mol. The minimum absolute atomic E-state index is 0.262. The van der Waals surface area contributed by atoms with E-state index in [2.05, 4.69) is 76.7 Å². The first kappa shape index (κ1) is 36.2. The predicted molar refractivity (Wildman–Crippen MR) is 215 cm³/mol. The molecule has 4 aromatic rings. The molecule has 0 saturated carbocycles. The lowest BCUT2D eigenvalue weighted by Gasteiger charge is -2.40. The number of aromatic nitrogens is 3. The van der Waals surface area contributed by atoms with Gasteiger partial charge in [-0.2, -0.15) is 0 Å². The third-order valence-electron chi connectivity index (χ3n) is 12.2. The molecule has 2 aromatic carbocycles. The van der Waals surface area contributed by atoms with Crippen molar-refractivity contribution >= 4 is 46.2 Å². The fourth-order valence-corrected chi connectivity index (χ4v) is 8.90. The van der Waals surface area contributed by atoms with Gasteiger partial charge in [0.25, 0.3) is 0 Å². The highest BCUT2D eigenvalue weighted by molar-refractivity contribution is 6.01. The van der Waals surface area contributed by atoms with E-state index in [4.69, 9.17) is 9.72 Å². The van der Waals surface area contributed by atoms with Crippen LogP contribution in [0.3, 0.4) is 0 Å². The molecule has 1 unspecified atom stereocenters. The number of halogens is 1. The van der Waals surface area contributed by atoms with Crippen molar-refractivity contribution in [1.82, 2.24) is 25.2 Å². The van der Waals surface area contributed by atoms with E-state index in [9.17, 15) is 9.59 Å². The zero-order valence-corrected chi connectivity index (χ0v) is 31.9. The number of carbonyl (C=O) groups is 2. The van der Waals surface area contributed by atoms with Gasteiger partial charge in [-0.25, -0.2) is 19.3 Å². The van der Waals surface area contributed by atoms with Crippen LogP contribution < -0.4 is 35.4 Å². The molecule has 3 N–H and O–H groups in total. The number of anilines is 6. The standard InChI is InChI=1S/C42H49FN10O3/c1-27-37(24-45-41-39(27)44-13-21-56-41)53-16-12-30-23-46-42(48-35(30)26-53)47-31-3-5-32(6-4-31)51-14-10-28(11-15-51)25-50-17-19-52(20-18-50)36-8-2-29(22-34(36)43)33-7-9-38(54)49-40(33)55/h2-6,8,22-24,28,33,44H,7,9-21,25-26H2,1H3,(H,46,47,48)(H,49,54,55). The Morgan fingerprint density at radius 3 is 2.48 bits per heavy atom. The van der Waals surface area contributed by atoms with Crippen molar-refractivity contribution in [2.75, 3.05) is 90.8 Å². The first-order chi connectivity index (χ1) is 27.3. The maximum Gasteiger partial charge on any atom is 0.237 e. The number of fused-ring (bicyclic) bond motifs is 2. The van der Waals surface area contributed by atoms with E-state index in [0.717, 1.165) is 106 Å². The van der Waals surface area contributed by atoms with Gasteiger partial charge in [-0.3, -0.25) is 19.8 Å². The van der Waals surface area contributed by atoms with E-state index in [1.165, 1.54) is 17.3 Å². The maximum atomic E-state index is 15.2. The summed E-state index contributed by atoms with van der Waals surface area (Å²) in [5, 5.41) is 9.24. The second-order valence-electron chi connectivity index (χ2n) is 15.7. The van der Waals surface area contributed by atoms with Crippen LogP contribution >= 0.6 is 0 Å². The molecule has 56 heavy (non-hydrogen) atoms. The highest BCUT2D eigenvalue weighted by Crippen LogP contribution is 2.37. The normalized spacial score (nSPS) is 20.5. The fourth-order valence-electron chi connectivity index (χ4n) is 8.90. The molecule has 3 fully saturated rings. The van der Waals surface area contributed by atoms with Crippen LogP contribution in [0.15, 0.2) is 54.9 Å². The average Bonchev–Trinajstić information content (AvgIpc) is 3.22. The van der Waals surface area contributed by atoms with Gasteiger partial charge in [0.15, 0.2) is 0 Å². The molecule has 0 radical (unpaired) electrons. The van der Waals surface area contributed by atoms with Crippen molar-refractivity contribution in [2.24, 2.45) is 5.92 Å². The quantitative estimate of drug-likeness (QED) is 0.209. The molecular formula is C42H49FN10O3. The van der Waals surface area contributed by atoms with Gasteiger partial charge >= 0.3 is 0 Å². The second kappa shape index (κ2) is 15.6. The Hall–Kier alpha value is -5.50. The monoisotopic (exact) mass is 760 g/mol. The van der Waals surface area contributed by atoms with Crippen LogP contribution in [-0.4, -0.2) is 97.2 Å². The number of hydrogen-bond acceptors (Lipinski definition) is 12. The van der Waals surface area contributed by atoms with Gasteiger partial charge in [0.05, 0.1) is 35.7 Å². The largest absolute Gasteiger partial charge is 0.474 e. The number of rotatable bonds is 8. The number of hydrogen-bond donors (Lipinski definition) is 3. The number of piperazine rings is 1. The van der Waals surface area contributed by atoms with Gasteiger partial charge in [-0.05, 0) is 86.1 Å². The Kier molecular flexibility index (Phi) is 10.0. The minimum Gasteiger partial charge on any atom is -0.474 e. The Bertz CT molecular complexity index is 2100. The molecule has 13 nitrogen and oxygen atoms in total. The van der Waals surface area contributed by atoms with Crippen LogP contribution in [0.2, 0.25) is 0 Å². The molecule has 3 saturated heterocycles. The number of carbonyl (C=O) groups excluding carboxylic acids is 2. The molecule has 5 aliphatic rings. The topological polar surface area (TPSA) is 131 Å². The van der Waals surface area contributed by atoms with E-state index in [0.29, 0.717) is 48.6 Å². The van der Waals surface area contributed by atoms with Gasteiger partial charge in [-0.1, -0.05) is 6.07 Å². The summed E-state index contributed by atoms with van der Waals surface area (Å²) in [6, 6.07) is 13.7. The summed E-state index contributed by atoms with van der Waals surface area (Å²) in [7, 11) is 0. The van der Waals surface area contributed by atoms with E-state index < -0.39 is 5.92 Å². The fraction of sp³-hybridized carbons (Fsp3) is 0.452. The van der Waals surface area contributed by atoms with Gasteiger partial charge in [-0.15, -0.1) is 0 Å². The van der Waals surface area contributed by atoms with Crippen molar-refractivity contribution in [3.8, 4) is 5.88 Å². The Morgan fingerprint density at radius 1 is 0.875 bits per heavy atom. The van der Waals surface area contributed by atoms with Crippen LogP contribution in [0.25, 0.3) is 0 Å². The minimum atomic E-state index is -0.478. The first-order valence-corrected chi connectivity index (χ1v) is 20.0. The summed E-state index contributed by atoms with van der Waals surface area (Å²) < 4.78 is 21.0. The third-order valence-corrected chi connectivity index (χ3v) is 12.2. The Morgan fingerprint density at radius 2 is 1.70 bits per heavy atom. The average molecular weight is 761 g/mol. The van der Waals surface area contributed by atoms with E-state index in [1.54, 1.807) is 6.07 Å². The van der Waals surface area contributed by atoms with E-state index in [-0.39, 0.29) is 24.1 Å². The number of amides is 2. The van der Waals surface area contributed by atoms with Crippen molar-refractivity contribution in [1.29, 1.82) is 0 Å². The van der Waals surface area contributed by atoms with Crippen molar-refractivity contribution in [3.05, 3.63) is 83.1 Å². The second-order valence-corrected chi connectivity index (χ2v) is 15.7. The Labute approximate surface area is 326 Å². The summed E-state index contributed by atoms with van der Waals surface area (Å²) in [5.41, 5.74) is 8.85. The van der Waals surface area contributed by atoms with Gasteiger partial charge in [0.2, 0.25) is 23.6 Å².